The number of nitrogens with zero attached hydrogens (tertiary/aromatic N) is 2. The lowest BCUT2D eigenvalue weighted by Crippen LogP contribution is -2.33. The molecule has 78 valence electrons. The van der Waals surface area contributed by atoms with Gasteiger partial charge in [-0.3, -0.25) is 9.48 Å². The van der Waals surface area contributed by atoms with Gasteiger partial charge in [-0.15, -0.1) is 0 Å². The van der Waals surface area contributed by atoms with Crippen molar-refractivity contribution in [3.63, 3.8) is 0 Å². The van der Waals surface area contributed by atoms with E-state index in [9.17, 15) is 9.90 Å². The first-order valence-corrected chi connectivity index (χ1v) is 4.24. The smallest absolute Gasteiger partial charge is 0.249 e. The lowest BCUT2D eigenvalue weighted by atomic mass is 10.1. The second-order valence-corrected chi connectivity index (χ2v) is 2.92. The maximum Gasteiger partial charge on any atom is 0.249 e. The molecule has 0 saturated heterocycles. The molecule has 1 rings (SSSR count). The van der Waals surface area contributed by atoms with Crippen molar-refractivity contribution in [2.75, 3.05) is 0 Å². The molecule has 1 aromatic rings. The second-order valence-electron chi connectivity index (χ2n) is 2.92. The first-order valence-electron chi connectivity index (χ1n) is 4.24. The van der Waals surface area contributed by atoms with Gasteiger partial charge in [0.05, 0.1) is 6.20 Å². The highest BCUT2D eigenvalue weighted by Gasteiger charge is 2.24. The van der Waals surface area contributed by atoms with Gasteiger partial charge in [0.25, 0.3) is 0 Å². The monoisotopic (exact) mass is 199 g/mol. The number of primary amides is 1. The van der Waals surface area contributed by atoms with Crippen molar-refractivity contribution in [3.8, 4) is 0 Å². The van der Waals surface area contributed by atoms with Gasteiger partial charge in [0.15, 0.2) is 6.10 Å². The molecule has 14 heavy (non-hydrogen) atoms. The van der Waals surface area contributed by atoms with Crippen molar-refractivity contribution in [2.24, 2.45) is 5.73 Å². The topological polar surface area (TPSA) is 101 Å². The fourth-order valence-electron chi connectivity index (χ4n) is 1.04. The van der Waals surface area contributed by atoms with Crippen molar-refractivity contribution >= 4 is 5.91 Å². The molecule has 1 heterocycles. The van der Waals surface area contributed by atoms with Crippen LogP contribution in [-0.4, -0.2) is 32.0 Å². The zero-order valence-electron chi connectivity index (χ0n) is 7.79. The molecule has 0 bridgehead atoms. The van der Waals surface area contributed by atoms with Gasteiger partial charge in [-0.25, -0.2) is 0 Å². The van der Waals surface area contributed by atoms with Crippen molar-refractivity contribution in [1.29, 1.82) is 0 Å². The molecule has 0 radical (unpaired) electrons. The number of hydrogen-bond donors (Lipinski definition) is 3. The number of carbonyl (C=O) groups excluding carboxylic acids is 1. The summed E-state index contributed by atoms with van der Waals surface area (Å²) in [5, 5.41) is 22.5. The van der Waals surface area contributed by atoms with Gasteiger partial charge in [-0.05, 0) is 6.92 Å². The molecule has 1 amide bonds. The largest absolute Gasteiger partial charge is 0.385 e. The zero-order valence-corrected chi connectivity index (χ0v) is 7.79. The van der Waals surface area contributed by atoms with E-state index in [0.717, 1.165) is 0 Å². The molecule has 2 atom stereocenters. The SMILES string of the molecule is CCn1cc(C(O)C(O)C(N)=O)cn1. The van der Waals surface area contributed by atoms with E-state index >= 15 is 0 Å². The highest BCUT2D eigenvalue weighted by molar-refractivity contribution is 5.79. The number of nitrogens with two attached hydrogens (primary N) is 1. The van der Waals surface area contributed by atoms with Crippen LogP contribution in [0.25, 0.3) is 0 Å². The fraction of sp³-hybridized carbons (Fsp3) is 0.500. The average Bonchev–Trinajstić information content (AvgIpc) is 2.63. The molecule has 1 aromatic heterocycles. The molecular weight excluding hydrogens is 186 g/mol. The van der Waals surface area contributed by atoms with E-state index in [0.29, 0.717) is 12.1 Å². The quantitative estimate of drug-likeness (QED) is 0.565. The van der Waals surface area contributed by atoms with Crippen LogP contribution in [0, 0.1) is 0 Å². The Kier molecular flexibility index (Phi) is 3.21. The Bertz CT molecular complexity index is 323. The van der Waals surface area contributed by atoms with Gasteiger partial charge in [0.2, 0.25) is 5.91 Å². The first-order chi connectivity index (χ1) is 6.56. The number of aryl methyl sites for hydroxylation is 1. The summed E-state index contributed by atoms with van der Waals surface area (Å²) in [5.41, 5.74) is 5.21. The third-order valence-corrected chi connectivity index (χ3v) is 1.91. The summed E-state index contributed by atoms with van der Waals surface area (Å²) < 4.78 is 1.58. The third kappa shape index (κ3) is 2.09. The van der Waals surface area contributed by atoms with Crippen molar-refractivity contribution < 1.29 is 15.0 Å². The maximum atomic E-state index is 10.6. The van der Waals surface area contributed by atoms with Crippen LogP contribution in [-0.2, 0) is 11.3 Å². The Morgan fingerprint density at radius 2 is 2.36 bits per heavy atom. The van der Waals surface area contributed by atoms with E-state index in [4.69, 9.17) is 10.8 Å². The Hall–Kier alpha value is -1.40. The molecule has 4 N–H and O–H groups in total. The van der Waals surface area contributed by atoms with Crippen LogP contribution in [0.2, 0.25) is 0 Å². The first kappa shape index (κ1) is 10.7. The third-order valence-electron chi connectivity index (χ3n) is 1.91. The van der Waals surface area contributed by atoms with Crippen LogP contribution >= 0.6 is 0 Å². The molecule has 0 aliphatic heterocycles. The number of rotatable bonds is 4. The van der Waals surface area contributed by atoms with E-state index in [1.54, 1.807) is 10.9 Å². The van der Waals surface area contributed by atoms with Gasteiger partial charge in [-0.1, -0.05) is 0 Å². The van der Waals surface area contributed by atoms with Gasteiger partial charge in [0, 0.05) is 18.3 Å². The number of aromatic nitrogens is 2. The summed E-state index contributed by atoms with van der Waals surface area (Å²) in [5.74, 6) is -0.957. The van der Waals surface area contributed by atoms with E-state index in [1.165, 1.54) is 6.20 Å². The van der Waals surface area contributed by atoms with Gasteiger partial charge in [-0.2, -0.15) is 5.10 Å². The van der Waals surface area contributed by atoms with Gasteiger partial charge < -0.3 is 15.9 Å². The Labute approximate surface area is 81.0 Å². The van der Waals surface area contributed by atoms with Crippen LogP contribution < -0.4 is 5.73 Å². The van der Waals surface area contributed by atoms with Crippen molar-refractivity contribution in [3.05, 3.63) is 18.0 Å². The molecular formula is C8H13N3O3. The molecule has 6 nitrogen and oxygen atoms in total. The highest BCUT2D eigenvalue weighted by Crippen LogP contribution is 2.15. The minimum atomic E-state index is -1.59. The molecule has 6 heteroatoms. The van der Waals surface area contributed by atoms with Crippen LogP contribution in [0.3, 0.4) is 0 Å². The molecule has 0 spiro atoms. The Morgan fingerprint density at radius 3 is 2.79 bits per heavy atom. The van der Waals surface area contributed by atoms with Crippen LogP contribution in [0.5, 0.6) is 0 Å². The lowest BCUT2D eigenvalue weighted by molar-refractivity contribution is -0.131. The summed E-state index contributed by atoms with van der Waals surface area (Å²) in [7, 11) is 0. The molecule has 2 unspecified atom stereocenters. The molecule has 0 saturated carbocycles. The Morgan fingerprint density at radius 1 is 1.71 bits per heavy atom. The number of aliphatic hydroxyl groups excluding tert-OH is 2. The maximum absolute atomic E-state index is 10.6. The van der Waals surface area contributed by atoms with Crippen molar-refractivity contribution in [2.45, 2.75) is 25.7 Å². The van der Waals surface area contributed by atoms with Crippen LogP contribution in [0.1, 0.15) is 18.6 Å². The number of aliphatic hydroxyl groups is 2. The summed E-state index contributed by atoms with van der Waals surface area (Å²) in [6, 6.07) is 0. The van der Waals surface area contributed by atoms with E-state index < -0.39 is 18.1 Å². The van der Waals surface area contributed by atoms with E-state index in [-0.39, 0.29) is 0 Å². The van der Waals surface area contributed by atoms with E-state index in [1.807, 2.05) is 6.92 Å². The minimum Gasteiger partial charge on any atom is -0.385 e. The van der Waals surface area contributed by atoms with E-state index in [2.05, 4.69) is 5.10 Å². The van der Waals surface area contributed by atoms with Gasteiger partial charge >= 0.3 is 0 Å². The number of carbonyl (C=O) groups is 1. The highest BCUT2D eigenvalue weighted by atomic mass is 16.3. The fourth-order valence-corrected chi connectivity index (χ4v) is 1.04. The second kappa shape index (κ2) is 4.21. The minimum absolute atomic E-state index is 0.373. The standard InChI is InChI=1S/C8H13N3O3/c1-2-11-4-5(3-10-11)6(12)7(13)8(9)14/h3-4,6-7,12-13H,2H2,1H3,(H2,9,14). The normalized spacial score (nSPS) is 15.1. The average molecular weight is 199 g/mol. The summed E-state index contributed by atoms with van der Waals surface area (Å²) in [6.45, 7) is 2.53. The van der Waals surface area contributed by atoms with Crippen molar-refractivity contribution in [1.82, 2.24) is 9.78 Å². The number of amides is 1. The zero-order chi connectivity index (χ0) is 10.7. The summed E-state index contributed by atoms with van der Waals surface area (Å²) in [6.07, 6.45) is 0.0363. The van der Waals surface area contributed by atoms with Gasteiger partial charge in [0.1, 0.15) is 6.10 Å². The lowest BCUT2D eigenvalue weighted by Gasteiger charge is -2.12. The molecule has 0 aliphatic carbocycles. The number of hydrogen-bond acceptors (Lipinski definition) is 4. The predicted octanol–water partition coefficient (Wildman–Crippen LogP) is -1.22. The summed E-state index contributed by atoms with van der Waals surface area (Å²) >= 11 is 0. The van der Waals surface area contributed by atoms with Crippen LogP contribution in [0.4, 0.5) is 0 Å². The molecule has 0 aromatic carbocycles. The molecule has 0 aliphatic rings. The summed E-state index contributed by atoms with van der Waals surface area (Å²) in [4.78, 5) is 10.6. The Balaban J connectivity index is 2.78. The van der Waals surface area contributed by atoms with Crippen LogP contribution in [0.15, 0.2) is 12.4 Å². The molecule has 0 fully saturated rings. The predicted molar refractivity (Wildman–Crippen MR) is 48.1 cm³/mol.